The van der Waals surface area contributed by atoms with Gasteiger partial charge in [0.1, 0.15) is 0 Å². The fourth-order valence-corrected chi connectivity index (χ4v) is 5.20. The number of non-ortho nitro benzene ring substituents is 2. The van der Waals surface area contributed by atoms with Gasteiger partial charge in [0.25, 0.3) is 17.3 Å². The summed E-state index contributed by atoms with van der Waals surface area (Å²) >= 11 is 6.14. The number of carbonyl (C=O) groups is 1. The number of allylic oxidation sites excluding steroid dienone is 1. The third-order valence-corrected chi connectivity index (χ3v) is 6.86. The Hall–Kier alpha value is -4.37. The standard InChI is InChI=1S/C27H21ClN4O5/c28-21-9-2-8-20(15-21)27(33)30-26(19-7-3-11-23(16-19)32(36)37)24-12-4-6-18(25(24)29-30)13-17-5-1-10-22(14-17)31(34)35/h1-3,5,7-11,13-16,24,26H,4,6,12H2/b18-13+/t24-,26-/m1/s1. The molecule has 0 spiro atoms. The van der Waals surface area contributed by atoms with Gasteiger partial charge in [0, 0.05) is 40.8 Å². The first-order chi connectivity index (χ1) is 17.8. The largest absolute Gasteiger partial charge is 0.274 e. The van der Waals surface area contributed by atoms with Crippen LogP contribution in [0.2, 0.25) is 5.02 Å². The summed E-state index contributed by atoms with van der Waals surface area (Å²) in [6.07, 6.45) is 4.11. The summed E-state index contributed by atoms with van der Waals surface area (Å²) < 4.78 is 0. The van der Waals surface area contributed by atoms with Gasteiger partial charge in [-0.2, -0.15) is 5.10 Å². The lowest BCUT2D eigenvalue weighted by atomic mass is 9.77. The number of rotatable bonds is 5. The zero-order chi connectivity index (χ0) is 26.1. The van der Waals surface area contributed by atoms with Crippen molar-refractivity contribution in [3.8, 4) is 0 Å². The first-order valence-corrected chi connectivity index (χ1v) is 12.1. The van der Waals surface area contributed by atoms with Crippen LogP contribution >= 0.6 is 11.6 Å². The molecule has 3 aromatic rings. The van der Waals surface area contributed by atoms with Gasteiger partial charge in [-0.15, -0.1) is 0 Å². The summed E-state index contributed by atoms with van der Waals surface area (Å²) in [5.74, 6) is -0.556. The van der Waals surface area contributed by atoms with Crippen LogP contribution in [0.25, 0.3) is 6.08 Å². The molecule has 1 amide bonds. The predicted octanol–water partition coefficient (Wildman–Crippen LogP) is 6.59. The van der Waals surface area contributed by atoms with Crippen molar-refractivity contribution < 1.29 is 14.6 Å². The van der Waals surface area contributed by atoms with Crippen LogP contribution in [0, 0.1) is 26.1 Å². The lowest BCUT2D eigenvalue weighted by molar-refractivity contribution is -0.385. The van der Waals surface area contributed by atoms with Crippen molar-refractivity contribution in [1.82, 2.24) is 5.01 Å². The van der Waals surface area contributed by atoms with E-state index in [2.05, 4.69) is 0 Å². The number of hydrazone groups is 1. The monoisotopic (exact) mass is 516 g/mol. The van der Waals surface area contributed by atoms with Crippen molar-refractivity contribution in [2.45, 2.75) is 25.3 Å². The summed E-state index contributed by atoms with van der Waals surface area (Å²) in [5, 5.41) is 29.3. The highest BCUT2D eigenvalue weighted by Gasteiger charge is 2.44. The van der Waals surface area contributed by atoms with E-state index in [0.717, 1.165) is 18.4 Å². The topological polar surface area (TPSA) is 119 Å². The molecular weight excluding hydrogens is 496 g/mol. The second-order valence-corrected chi connectivity index (χ2v) is 9.40. The second kappa shape index (κ2) is 9.94. The van der Waals surface area contributed by atoms with Crippen LogP contribution in [-0.4, -0.2) is 26.5 Å². The van der Waals surface area contributed by atoms with Crippen molar-refractivity contribution in [1.29, 1.82) is 0 Å². The minimum Gasteiger partial charge on any atom is -0.267 e. The number of nitro groups is 2. The lowest BCUT2D eigenvalue weighted by Crippen LogP contribution is -2.32. The van der Waals surface area contributed by atoms with Gasteiger partial charge in [-0.3, -0.25) is 25.0 Å². The Morgan fingerprint density at radius 1 is 0.973 bits per heavy atom. The number of halogens is 1. The summed E-state index contributed by atoms with van der Waals surface area (Å²) in [6.45, 7) is 0. The fraction of sp³-hybridized carbons (Fsp3) is 0.185. The minimum absolute atomic E-state index is 0.0118. The maximum atomic E-state index is 13.7. The molecule has 3 aromatic carbocycles. The summed E-state index contributed by atoms with van der Waals surface area (Å²) in [4.78, 5) is 35.5. The lowest BCUT2D eigenvalue weighted by Gasteiger charge is -2.29. The van der Waals surface area contributed by atoms with E-state index >= 15 is 0 Å². The van der Waals surface area contributed by atoms with Crippen LogP contribution in [0.5, 0.6) is 0 Å². The highest BCUT2D eigenvalue weighted by Crippen LogP contribution is 2.45. The van der Waals surface area contributed by atoms with Crippen molar-refractivity contribution in [2.24, 2.45) is 11.0 Å². The van der Waals surface area contributed by atoms with Crippen LogP contribution in [0.4, 0.5) is 11.4 Å². The van der Waals surface area contributed by atoms with Crippen molar-refractivity contribution in [2.75, 3.05) is 0 Å². The maximum absolute atomic E-state index is 13.7. The minimum atomic E-state index is -0.546. The van der Waals surface area contributed by atoms with E-state index in [9.17, 15) is 25.0 Å². The molecule has 1 heterocycles. The highest BCUT2D eigenvalue weighted by atomic mass is 35.5. The highest BCUT2D eigenvalue weighted by molar-refractivity contribution is 6.31. The Bertz CT molecular complexity index is 1480. The molecule has 1 aliphatic carbocycles. The molecule has 2 aliphatic rings. The fourth-order valence-electron chi connectivity index (χ4n) is 5.01. The van der Waals surface area contributed by atoms with Crippen LogP contribution < -0.4 is 0 Å². The number of fused-ring (bicyclic) bond motifs is 1. The third-order valence-electron chi connectivity index (χ3n) is 6.63. The molecule has 1 aliphatic heterocycles. The van der Waals surface area contributed by atoms with Crippen LogP contribution in [-0.2, 0) is 0 Å². The number of hydrogen-bond donors (Lipinski definition) is 0. The van der Waals surface area contributed by atoms with Crippen LogP contribution in [0.3, 0.4) is 0 Å². The van der Waals surface area contributed by atoms with Gasteiger partial charge < -0.3 is 0 Å². The van der Waals surface area contributed by atoms with Crippen LogP contribution in [0.15, 0.2) is 83.5 Å². The van der Waals surface area contributed by atoms with E-state index in [-0.39, 0.29) is 23.2 Å². The Balaban J connectivity index is 1.60. The average molecular weight is 517 g/mol. The van der Waals surface area contributed by atoms with Gasteiger partial charge in [0.2, 0.25) is 0 Å². The van der Waals surface area contributed by atoms with Crippen molar-refractivity contribution in [3.05, 3.63) is 120 Å². The zero-order valence-corrected chi connectivity index (χ0v) is 20.2. The van der Waals surface area contributed by atoms with Gasteiger partial charge in [-0.05, 0) is 60.2 Å². The van der Waals surface area contributed by atoms with E-state index in [0.29, 0.717) is 33.8 Å². The molecule has 186 valence electrons. The first-order valence-electron chi connectivity index (χ1n) is 11.7. The molecule has 0 bridgehead atoms. The van der Waals surface area contributed by atoms with E-state index in [1.165, 1.54) is 29.3 Å². The molecule has 0 N–H and O–H groups in total. The molecule has 37 heavy (non-hydrogen) atoms. The maximum Gasteiger partial charge on any atom is 0.274 e. The van der Waals surface area contributed by atoms with Gasteiger partial charge >= 0.3 is 0 Å². The molecule has 9 nitrogen and oxygen atoms in total. The molecule has 5 rings (SSSR count). The Labute approximate surface area is 217 Å². The van der Waals surface area contributed by atoms with Gasteiger partial charge in [-0.1, -0.05) is 41.9 Å². The number of benzene rings is 3. The summed E-state index contributed by atoms with van der Waals surface area (Å²) in [6, 6.07) is 18.6. The van der Waals surface area contributed by atoms with Gasteiger partial charge in [0.15, 0.2) is 0 Å². The van der Waals surface area contributed by atoms with E-state index in [4.69, 9.17) is 16.7 Å². The second-order valence-electron chi connectivity index (χ2n) is 8.96. The number of hydrogen-bond acceptors (Lipinski definition) is 6. The molecule has 0 unspecified atom stereocenters. The molecule has 1 saturated carbocycles. The number of carbonyl (C=O) groups excluding carboxylic acids is 1. The van der Waals surface area contributed by atoms with E-state index in [1.54, 1.807) is 48.5 Å². The number of nitrogens with zero attached hydrogens (tertiary/aromatic N) is 4. The quantitative estimate of drug-likeness (QED) is 0.280. The van der Waals surface area contributed by atoms with Crippen molar-refractivity contribution >= 4 is 40.7 Å². The molecule has 0 saturated heterocycles. The van der Waals surface area contributed by atoms with Gasteiger partial charge in [-0.25, -0.2) is 5.01 Å². The van der Waals surface area contributed by atoms with E-state index < -0.39 is 15.9 Å². The Morgan fingerprint density at radius 3 is 2.41 bits per heavy atom. The molecule has 2 atom stereocenters. The predicted molar refractivity (Wildman–Crippen MR) is 139 cm³/mol. The molecule has 10 heteroatoms. The normalized spacial score (nSPS) is 19.9. The number of nitro benzene ring substituents is 2. The average Bonchev–Trinajstić information content (AvgIpc) is 3.29. The van der Waals surface area contributed by atoms with Gasteiger partial charge in [0.05, 0.1) is 21.6 Å². The van der Waals surface area contributed by atoms with Crippen LogP contribution in [0.1, 0.15) is 46.8 Å². The number of amides is 1. The molecule has 0 aromatic heterocycles. The molecular formula is C27H21ClN4O5. The Kier molecular flexibility index (Phi) is 6.54. The third kappa shape index (κ3) is 4.85. The zero-order valence-electron chi connectivity index (χ0n) is 19.5. The molecule has 1 fully saturated rings. The first kappa shape index (κ1) is 24.3. The SMILES string of the molecule is O=C(c1cccc(Cl)c1)N1N=C2/C(=C/c3cccc([N+](=O)[O-])c3)CCC[C@H]2[C@H]1c1cccc([N+](=O)[O-])c1. The summed E-state index contributed by atoms with van der Waals surface area (Å²) in [5.41, 5.74) is 3.16. The van der Waals surface area contributed by atoms with Crippen molar-refractivity contribution in [3.63, 3.8) is 0 Å². The summed E-state index contributed by atoms with van der Waals surface area (Å²) in [7, 11) is 0. The Morgan fingerprint density at radius 2 is 1.68 bits per heavy atom. The van der Waals surface area contributed by atoms with E-state index in [1.807, 2.05) is 6.08 Å². The smallest absolute Gasteiger partial charge is 0.267 e. The molecule has 0 radical (unpaired) electrons.